The Kier molecular flexibility index (Phi) is 8.76. The maximum absolute atomic E-state index is 13.3. The van der Waals surface area contributed by atoms with Crippen LogP contribution in [0.3, 0.4) is 0 Å². The van der Waals surface area contributed by atoms with Gasteiger partial charge in [0.25, 0.3) is 0 Å². The van der Waals surface area contributed by atoms with Crippen LogP contribution in [-0.2, 0) is 9.59 Å². The molecule has 2 atom stereocenters. The van der Waals surface area contributed by atoms with Crippen LogP contribution in [-0.4, -0.2) is 22.2 Å². The third kappa shape index (κ3) is 3.99. The molecule has 0 radical (unpaired) electrons. The zero-order valence-electron chi connectivity index (χ0n) is 19.0. The van der Waals surface area contributed by atoms with Crippen molar-refractivity contribution in [2.45, 2.75) is 117 Å². The molecule has 30 heavy (non-hydrogen) atoms. The van der Waals surface area contributed by atoms with Crippen molar-refractivity contribution in [3.63, 3.8) is 0 Å². The van der Waals surface area contributed by atoms with E-state index in [-0.39, 0.29) is 5.92 Å². The second kappa shape index (κ2) is 10.6. The summed E-state index contributed by atoms with van der Waals surface area (Å²) in [6, 6.07) is 2.23. The normalized spacial score (nSPS) is 23.6. The standard InChI is InChI=1S/C25H41NO4/c1-3-5-15-23(16-11-8-12-17-23)25(22(29)30,18-6-4-2)24(19-26,21(27)28)20-13-9-7-10-14-20/h20H,3-18H2,1-2H3,(H,27,28)(H,29,30). The third-order valence-corrected chi connectivity index (χ3v) is 8.40. The van der Waals surface area contributed by atoms with Crippen molar-refractivity contribution in [3.05, 3.63) is 0 Å². The van der Waals surface area contributed by atoms with E-state index in [2.05, 4.69) is 13.0 Å². The van der Waals surface area contributed by atoms with Crippen LogP contribution < -0.4 is 0 Å². The van der Waals surface area contributed by atoms with Gasteiger partial charge in [-0.2, -0.15) is 5.26 Å². The Bertz CT molecular complexity index is 628. The van der Waals surface area contributed by atoms with Crippen molar-refractivity contribution in [2.24, 2.45) is 22.2 Å². The van der Waals surface area contributed by atoms with E-state index in [1.807, 2.05) is 6.92 Å². The van der Waals surface area contributed by atoms with Gasteiger partial charge in [-0.3, -0.25) is 9.59 Å². The first-order valence-electron chi connectivity index (χ1n) is 12.3. The molecular weight excluding hydrogens is 378 g/mol. The Hall–Kier alpha value is -1.57. The van der Waals surface area contributed by atoms with Gasteiger partial charge in [-0.1, -0.05) is 78.1 Å². The molecule has 2 aliphatic carbocycles. The number of rotatable bonds is 11. The van der Waals surface area contributed by atoms with Gasteiger partial charge >= 0.3 is 11.9 Å². The van der Waals surface area contributed by atoms with Crippen LogP contribution in [0.2, 0.25) is 0 Å². The highest BCUT2D eigenvalue weighted by molar-refractivity contribution is 5.90. The molecule has 0 amide bonds. The second-order valence-electron chi connectivity index (χ2n) is 9.82. The molecule has 2 fully saturated rings. The molecule has 0 saturated heterocycles. The van der Waals surface area contributed by atoms with Crippen molar-refractivity contribution in [3.8, 4) is 6.07 Å². The maximum atomic E-state index is 13.3. The van der Waals surface area contributed by atoms with Crippen LogP contribution in [0.15, 0.2) is 0 Å². The molecule has 0 bridgehead atoms. The summed E-state index contributed by atoms with van der Waals surface area (Å²) in [5.41, 5.74) is -4.01. The second-order valence-corrected chi connectivity index (χ2v) is 9.82. The number of nitriles is 1. The van der Waals surface area contributed by atoms with E-state index in [9.17, 15) is 25.1 Å². The quantitative estimate of drug-likeness (QED) is 0.395. The van der Waals surface area contributed by atoms with Crippen LogP contribution in [0.25, 0.3) is 0 Å². The highest BCUT2D eigenvalue weighted by Gasteiger charge is 2.72. The highest BCUT2D eigenvalue weighted by atomic mass is 16.4. The van der Waals surface area contributed by atoms with E-state index in [4.69, 9.17) is 0 Å². The lowest BCUT2D eigenvalue weighted by molar-refractivity contribution is -0.199. The van der Waals surface area contributed by atoms with Gasteiger partial charge in [0.05, 0.1) is 6.07 Å². The lowest BCUT2D eigenvalue weighted by Crippen LogP contribution is -2.64. The van der Waals surface area contributed by atoms with Gasteiger partial charge in [0.1, 0.15) is 5.41 Å². The van der Waals surface area contributed by atoms with E-state index in [0.717, 1.165) is 70.6 Å². The van der Waals surface area contributed by atoms with Crippen molar-refractivity contribution >= 4 is 11.9 Å². The molecule has 0 heterocycles. The van der Waals surface area contributed by atoms with E-state index in [1.54, 1.807) is 0 Å². The SMILES string of the molecule is CCCCC1(C(CCCC)(C(=O)O)C(C#N)(C(=O)O)C2CCCCC2)CCCCC1. The first kappa shape index (κ1) is 24.7. The average molecular weight is 420 g/mol. The Morgan fingerprint density at radius 3 is 1.97 bits per heavy atom. The summed E-state index contributed by atoms with van der Waals surface area (Å²) in [4.78, 5) is 26.4. The topological polar surface area (TPSA) is 98.4 Å². The number of unbranched alkanes of at least 4 members (excludes halogenated alkanes) is 2. The minimum atomic E-state index is -1.86. The minimum absolute atomic E-state index is 0.291. The summed E-state index contributed by atoms with van der Waals surface area (Å²) in [5.74, 6) is -2.62. The molecule has 0 aromatic heterocycles. The summed E-state index contributed by atoms with van der Waals surface area (Å²) < 4.78 is 0. The molecule has 2 N–H and O–H groups in total. The molecule has 170 valence electrons. The molecule has 2 aliphatic rings. The number of carboxylic acid groups (broad SMARTS) is 2. The Balaban J connectivity index is 2.81. The average Bonchev–Trinajstić information content (AvgIpc) is 2.76. The molecule has 0 aliphatic heterocycles. The summed E-state index contributed by atoms with van der Waals surface area (Å²) in [5, 5.41) is 32.1. The van der Waals surface area contributed by atoms with E-state index < -0.39 is 28.2 Å². The monoisotopic (exact) mass is 419 g/mol. The van der Waals surface area contributed by atoms with E-state index >= 15 is 0 Å². The fraction of sp³-hybridized carbons (Fsp3) is 0.880. The lowest BCUT2D eigenvalue weighted by Gasteiger charge is -2.58. The molecule has 0 aromatic rings. The maximum Gasteiger partial charge on any atom is 0.325 e. The van der Waals surface area contributed by atoms with Crippen molar-refractivity contribution in [1.82, 2.24) is 0 Å². The predicted molar refractivity (Wildman–Crippen MR) is 117 cm³/mol. The molecule has 2 rings (SSSR count). The lowest BCUT2D eigenvalue weighted by atomic mass is 9.41. The molecule has 5 nitrogen and oxygen atoms in total. The number of hydrogen-bond acceptors (Lipinski definition) is 3. The molecule has 0 aromatic carbocycles. The van der Waals surface area contributed by atoms with Gasteiger partial charge in [0.2, 0.25) is 0 Å². The molecule has 2 unspecified atom stereocenters. The number of nitrogens with zero attached hydrogens (tertiary/aromatic N) is 1. The van der Waals surface area contributed by atoms with E-state index in [1.165, 1.54) is 0 Å². The first-order chi connectivity index (χ1) is 14.4. The summed E-state index contributed by atoms with van der Waals surface area (Å²) in [6.07, 6.45) is 12.7. The highest BCUT2D eigenvalue weighted by Crippen LogP contribution is 2.66. The van der Waals surface area contributed by atoms with Crippen LogP contribution >= 0.6 is 0 Å². The summed E-state index contributed by atoms with van der Waals surface area (Å²) >= 11 is 0. The van der Waals surface area contributed by atoms with Crippen LogP contribution in [0, 0.1) is 33.5 Å². The number of hydrogen-bond donors (Lipinski definition) is 2. The van der Waals surface area contributed by atoms with Gasteiger partial charge in [-0.15, -0.1) is 0 Å². The van der Waals surface area contributed by atoms with Gasteiger partial charge < -0.3 is 10.2 Å². The van der Waals surface area contributed by atoms with Crippen LogP contribution in [0.5, 0.6) is 0 Å². The van der Waals surface area contributed by atoms with Crippen molar-refractivity contribution in [1.29, 1.82) is 5.26 Å². The summed E-state index contributed by atoms with van der Waals surface area (Å²) in [6.45, 7) is 4.11. The predicted octanol–water partition coefficient (Wildman–Crippen LogP) is 6.56. The van der Waals surface area contributed by atoms with Gasteiger partial charge in [-0.25, -0.2) is 0 Å². The fourth-order valence-corrected chi connectivity index (χ4v) is 6.93. The van der Waals surface area contributed by atoms with Crippen LogP contribution in [0.1, 0.15) is 117 Å². The zero-order valence-corrected chi connectivity index (χ0v) is 19.0. The van der Waals surface area contributed by atoms with Gasteiger partial charge in [0, 0.05) is 0 Å². The minimum Gasteiger partial charge on any atom is -0.481 e. The van der Waals surface area contributed by atoms with Crippen LogP contribution in [0.4, 0.5) is 0 Å². The van der Waals surface area contributed by atoms with Crippen molar-refractivity contribution < 1.29 is 19.8 Å². The molecular formula is C25H41NO4. The fourth-order valence-electron chi connectivity index (χ4n) is 6.93. The van der Waals surface area contributed by atoms with Gasteiger partial charge in [-0.05, 0) is 49.9 Å². The Morgan fingerprint density at radius 1 is 0.933 bits per heavy atom. The number of carbonyl (C=O) groups is 2. The third-order valence-electron chi connectivity index (χ3n) is 8.40. The largest absolute Gasteiger partial charge is 0.481 e. The zero-order chi connectivity index (χ0) is 22.3. The van der Waals surface area contributed by atoms with Crippen molar-refractivity contribution in [2.75, 3.05) is 0 Å². The number of aliphatic carboxylic acids is 2. The molecule has 2 saturated carbocycles. The van der Waals surface area contributed by atoms with Gasteiger partial charge in [0.15, 0.2) is 5.41 Å². The van der Waals surface area contributed by atoms with E-state index in [0.29, 0.717) is 32.1 Å². The summed E-state index contributed by atoms with van der Waals surface area (Å²) in [7, 11) is 0. The Morgan fingerprint density at radius 2 is 1.50 bits per heavy atom. The smallest absolute Gasteiger partial charge is 0.325 e. The Labute approximate surface area is 182 Å². The molecule has 5 heteroatoms. The first-order valence-corrected chi connectivity index (χ1v) is 12.3. The molecule has 0 spiro atoms. The number of carboxylic acids is 2.